The van der Waals surface area contributed by atoms with E-state index in [1.807, 2.05) is 0 Å². The Labute approximate surface area is 73.0 Å². The summed E-state index contributed by atoms with van der Waals surface area (Å²) in [5.41, 5.74) is -0.728. The highest BCUT2D eigenvalue weighted by molar-refractivity contribution is 4.93. The van der Waals surface area contributed by atoms with Gasteiger partial charge in [-0.3, -0.25) is 0 Å². The van der Waals surface area contributed by atoms with Crippen LogP contribution in [0.4, 0.5) is 0 Å². The van der Waals surface area contributed by atoms with Crippen molar-refractivity contribution >= 4 is 0 Å². The average Bonchev–Trinajstić information content (AvgIpc) is 2.27. The van der Waals surface area contributed by atoms with Gasteiger partial charge in [-0.2, -0.15) is 0 Å². The Balaban J connectivity index is 2.56. The minimum atomic E-state index is -0.728. The average molecular weight is 174 g/mol. The third-order valence-electron chi connectivity index (χ3n) is 3.09. The van der Waals surface area contributed by atoms with E-state index in [0.717, 1.165) is 12.8 Å². The SMILES string of the molecule is C[C@]1(O)CC[C@H](CCO)[C@@H]1CO. The first-order valence-corrected chi connectivity index (χ1v) is 4.56. The van der Waals surface area contributed by atoms with E-state index in [4.69, 9.17) is 10.2 Å². The van der Waals surface area contributed by atoms with Crippen molar-refractivity contribution in [1.29, 1.82) is 0 Å². The summed E-state index contributed by atoms with van der Waals surface area (Å²) in [4.78, 5) is 0. The smallest absolute Gasteiger partial charge is 0.0672 e. The molecule has 0 saturated heterocycles. The molecule has 3 nitrogen and oxygen atoms in total. The highest BCUT2D eigenvalue weighted by Gasteiger charge is 2.42. The van der Waals surface area contributed by atoms with Crippen molar-refractivity contribution in [3.8, 4) is 0 Å². The van der Waals surface area contributed by atoms with Crippen molar-refractivity contribution in [2.24, 2.45) is 11.8 Å². The van der Waals surface area contributed by atoms with Crippen LogP contribution in [0.3, 0.4) is 0 Å². The van der Waals surface area contributed by atoms with Crippen molar-refractivity contribution in [3.05, 3.63) is 0 Å². The standard InChI is InChI=1S/C9H18O3/c1-9(12)4-2-7(3-5-10)8(9)6-11/h7-8,10-12H,2-6H2,1H3/t7-,8+,9+/m1/s1. The van der Waals surface area contributed by atoms with Gasteiger partial charge in [0.2, 0.25) is 0 Å². The normalized spacial score (nSPS) is 42.0. The maximum absolute atomic E-state index is 9.81. The van der Waals surface area contributed by atoms with Crippen molar-refractivity contribution in [2.75, 3.05) is 13.2 Å². The van der Waals surface area contributed by atoms with E-state index < -0.39 is 5.60 Å². The van der Waals surface area contributed by atoms with Crippen LogP contribution >= 0.6 is 0 Å². The summed E-state index contributed by atoms with van der Waals surface area (Å²) in [7, 11) is 0. The second-order valence-electron chi connectivity index (χ2n) is 3.96. The van der Waals surface area contributed by atoms with Gasteiger partial charge in [0.25, 0.3) is 0 Å². The molecule has 1 aliphatic rings. The molecular weight excluding hydrogens is 156 g/mol. The van der Waals surface area contributed by atoms with Gasteiger partial charge in [-0.15, -0.1) is 0 Å². The molecule has 3 N–H and O–H groups in total. The number of aliphatic hydroxyl groups excluding tert-OH is 2. The van der Waals surface area contributed by atoms with Crippen LogP contribution < -0.4 is 0 Å². The van der Waals surface area contributed by atoms with Gasteiger partial charge in [0.1, 0.15) is 0 Å². The summed E-state index contributed by atoms with van der Waals surface area (Å²) in [6.45, 7) is 1.94. The van der Waals surface area contributed by atoms with Gasteiger partial charge >= 0.3 is 0 Å². The van der Waals surface area contributed by atoms with Crippen LogP contribution in [0.2, 0.25) is 0 Å². The minimum Gasteiger partial charge on any atom is -0.396 e. The van der Waals surface area contributed by atoms with Crippen LogP contribution in [0.15, 0.2) is 0 Å². The molecule has 0 radical (unpaired) electrons. The van der Waals surface area contributed by atoms with Gasteiger partial charge in [0.05, 0.1) is 5.60 Å². The zero-order valence-electron chi connectivity index (χ0n) is 7.53. The number of rotatable bonds is 3. The van der Waals surface area contributed by atoms with Gasteiger partial charge in [-0.25, -0.2) is 0 Å². The fourth-order valence-electron chi connectivity index (χ4n) is 2.23. The Hall–Kier alpha value is -0.120. The summed E-state index contributed by atoms with van der Waals surface area (Å²) in [6, 6.07) is 0. The summed E-state index contributed by atoms with van der Waals surface area (Å²) in [5, 5.41) is 27.6. The Morgan fingerprint density at radius 2 is 2.08 bits per heavy atom. The van der Waals surface area contributed by atoms with E-state index in [1.54, 1.807) is 6.92 Å². The van der Waals surface area contributed by atoms with Crippen LogP contribution in [0.25, 0.3) is 0 Å². The first-order chi connectivity index (χ1) is 5.61. The molecular formula is C9H18O3. The third kappa shape index (κ3) is 1.79. The molecule has 1 fully saturated rings. The second-order valence-corrected chi connectivity index (χ2v) is 3.96. The number of aliphatic hydroxyl groups is 3. The Kier molecular flexibility index (Phi) is 3.09. The Morgan fingerprint density at radius 3 is 2.58 bits per heavy atom. The maximum Gasteiger partial charge on any atom is 0.0672 e. The summed E-state index contributed by atoms with van der Waals surface area (Å²) in [5.74, 6) is 0.236. The first-order valence-electron chi connectivity index (χ1n) is 4.56. The van der Waals surface area contributed by atoms with E-state index in [0.29, 0.717) is 6.42 Å². The van der Waals surface area contributed by atoms with Crippen molar-refractivity contribution in [2.45, 2.75) is 31.8 Å². The lowest BCUT2D eigenvalue weighted by atomic mass is 9.86. The van der Waals surface area contributed by atoms with Gasteiger partial charge in [-0.1, -0.05) is 0 Å². The van der Waals surface area contributed by atoms with Gasteiger partial charge < -0.3 is 15.3 Å². The molecule has 0 aromatic carbocycles. The molecule has 0 aliphatic heterocycles. The molecule has 12 heavy (non-hydrogen) atoms. The Morgan fingerprint density at radius 1 is 1.42 bits per heavy atom. The predicted molar refractivity (Wildman–Crippen MR) is 45.6 cm³/mol. The topological polar surface area (TPSA) is 60.7 Å². The van der Waals surface area contributed by atoms with Gasteiger partial charge in [0, 0.05) is 19.1 Å². The predicted octanol–water partition coefficient (Wildman–Crippen LogP) is 0.138. The van der Waals surface area contributed by atoms with E-state index in [2.05, 4.69) is 0 Å². The highest BCUT2D eigenvalue weighted by Crippen LogP contribution is 2.41. The largest absolute Gasteiger partial charge is 0.396 e. The van der Waals surface area contributed by atoms with Crippen LogP contribution in [0.1, 0.15) is 26.2 Å². The molecule has 0 bridgehead atoms. The third-order valence-corrected chi connectivity index (χ3v) is 3.09. The fraction of sp³-hybridized carbons (Fsp3) is 1.00. The molecule has 1 aliphatic carbocycles. The zero-order valence-corrected chi connectivity index (χ0v) is 7.53. The molecule has 3 atom stereocenters. The summed E-state index contributed by atoms with van der Waals surface area (Å²) in [6.07, 6.45) is 2.35. The van der Waals surface area contributed by atoms with Crippen molar-refractivity contribution in [1.82, 2.24) is 0 Å². The molecule has 0 heterocycles. The second kappa shape index (κ2) is 3.73. The van der Waals surface area contributed by atoms with Crippen molar-refractivity contribution < 1.29 is 15.3 Å². The van der Waals surface area contributed by atoms with E-state index >= 15 is 0 Å². The molecule has 1 saturated carbocycles. The first kappa shape index (κ1) is 9.96. The molecule has 0 aromatic heterocycles. The van der Waals surface area contributed by atoms with E-state index in [9.17, 15) is 5.11 Å². The zero-order chi connectivity index (χ0) is 9.19. The number of hydrogen-bond acceptors (Lipinski definition) is 3. The highest BCUT2D eigenvalue weighted by atomic mass is 16.3. The molecule has 3 heteroatoms. The number of hydrogen-bond donors (Lipinski definition) is 3. The quantitative estimate of drug-likeness (QED) is 0.570. The molecule has 1 rings (SSSR count). The monoisotopic (exact) mass is 174 g/mol. The molecule has 72 valence electrons. The van der Waals surface area contributed by atoms with Crippen molar-refractivity contribution in [3.63, 3.8) is 0 Å². The lowest BCUT2D eigenvalue weighted by molar-refractivity contribution is -0.0170. The molecule has 0 amide bonds. The fourth-order valence-corrected chi connectivity index (χ4v) is 2.23. The minimum absolute atomic E-state index is 0.0255. The lowest BCUT2D eigenvalue weighted by Crippen LogP contribution is -2.34. The lowest BCUT2D eigenvalue weighted by Gasteiger charge is -2.27. The van der Waals surface area contributed by atoms with Gasteiger partial charge in [-0.05, 0) is 32.1 Å². The van der Waals surface area contributed by atoms with Crippen LogP contribution in [-0.2, 0) is 0 Å². The maximum atomic E-state index is 9.81. The van der Waals surface area contributed by atoms with Gasteiger partial charge in [0.15, 0.2) is 0 Å². The summed E-state index contributed by atoms with van der Waals surface area (Å²) >= 11 is 0. The van der Waals surface area contributed by atoms with Crippen LogP contribution in [0.5, 0.6) is 0 Å². The van der Waals surface area contributed by atoms with E-state index in [-0.39, 0.29) is 25.0 Å². The van der Waals surface area contributed by atoms with E-state index in [1.165, 1.54) is 0 Å². The Bertz CT molecular complexity index is 145. The summed E-state index contributed by atoms with van der Waals surface area (Å²) < 4.78 is 0. The van der Waals surface area contributed by atoms with Crippen LogP contribution in [0, 0.1) is 11.8 Å². The molecule has 0 spiro atoms. The molecule has 0 unspecified atom stereocenters. The van der Waals surface area contributed by atoms with Crippen LogP contribution in [-0.4, -0.2) is 34.1 Å². The molecule has 0 aromatic rings.